The standard InChI is InChI=1S/C16H14N2O4/c1-21-14-8-15(22-10-11-5-3-2-4-6-11)17-18-9-12(16(19)20)7-13(14)18/h2-9H,10H2,1H3,(H,19,20). The highest BCUT2D eigenvalue weighted by molar-refractivity contribution is 5.90. The maximum absolute atomic E-state index is 11.1. The Balaban J connectivity index is 1.91. The number of methoxy groups -OCH3 is 1. The van der Waals surface area contributed by atoms with Crippen molar-refractivity contribution in [3.8, 4) is 11.6 Å². The summed E-state index contributed by atoms with van der Waals surface area (Å²) in [6, 6.07) is 12.9. The van der Waals surface area contributed by atoms with Gasteiger partial charge in [-0.2, -0.15) is 0 Å². The Hall–Kier alpha value is -3.02. The van der Waals surface area contributed by atoms with Gasteiger partial charge < -0.3 is 14.6 Å². The Morgan fingerprint density at radius 3 is 2.73 bits per heavy atom. The van der Waals surface area contributed by atoms with Crippen LogP contribution in [0.3, 0.4) is 0 Å². The summed E-state index contributed by atoms with van der Waals surface area (Å²) >= 11 is 0. The van der Waals surface area contributed by atoms with Crippen LogP contribution in [-0.2, 0) is 6.61 Å². The molecule has 3 aromatic rings. The van der Waals surface area contributed by atoms with Crippen LogP contribution in [0, 0.1) is 0 Å². The van der Waals surface area contributed by atoms with Gasteiger partial charge in [0.1, 0.15) is 17.9 Å². The van der Waals surface area contributed by atoms with E-state index >= 15 is 0 Å². The number of ether oxygens (including phenoxy) is 2. The van der Waals surface area contributed by atoms with Gasteiger partial charge in [0.2, 0.25) is 5.88 Å². The zero-order valence-corrected chi connectivity index (χ0v) is 11.9. The summed E-state index contributed by atoms with van der Waals surface area (Å²) in [5, 5.41) is 13.3. The molecule has 0 fully saturated rings. The van der Waals surface area contributed by atoms with E-state index in [9.17, 15) is 4.79 Å². The van der Waals surface area contributed by atoms with Gasteiger partial charge in [-0.1, -0.05) is 30.3 Å². The number of carbonyl (C=O) groups is 1. The van der Waals surface area contributed by atoms with E-state index in [1.165, 1.54) is 23.9 Å². The number of fused-ring (bicyclic) bond motifs is 1. The molecule has 6 heteroatoms. The summed E-state index contributed by atoms with van der Waals surface area (Å²) in [5.41, 5.74) is 1.74. The number of aromatic nitrogens is 2. The second-order valence-electron chi connectivity index (χ2n) is 4.69. The summed E-state index contributed by atoms with van der Waals surface area (Å²) < 4.78 is 12.4. The van der Waals surface area contributed by atoms with E-state index in [4.69, 9.17) is 14.6 Å². The van der Waals surface area contributed by atoms with Crippen molar-refractivity contribution in [1.82, 2.24) is 9.61 Å². The van der Waals surface area contributed by atoms with Gasteiger partial charge in [0, 0.05) is 12.3 Å². The summed E-state index contributed by atoms with van der Waals surface area (Å²) in [4.78, 5) is 11.1. The van der Waals surface area contributed by atoms with Crippen LogP contribution in [0.1, 0.15) is 15.9 Å². The first-order valence-corrected chi connectivity index (χ1v) is 6.65. The predicted molar refractivity (Wildman–Crippen MR) is 79.5 cm³/mol. The van der Waals surface area contributed by atoms with E-state index in [-0.39, 0.29) is 5.56 Å². The van der Waals surface area contributed by atoms with Crippen LogP contribution in [0.4, 0.5) is 0 Å². The van der Waals surface area contributed by atoms with E-state index in [2.05, 4.69) is 5.10 Å². The summed E-state index contributed by atoms with van der Waals surface area (Å²) in [7, 11) is 1.52. The van der Waals surface area contributed by atoms with Crippen LogP contribution in [0.25, 0.3) is 5.52 Å². The van der Waals surface area contributed by atoms with Gasteiger partial charge in [-0.15, -0.1) is 5.10 Å². The van der Waals surface area contributed by atoms with Crippen LogP contribution in [0.5, 0.6) is 11.6 Å². The molecule has 0 spiro atoms. The zero-order valence-electron chi connectivity index (χ0n) is 11.9. The molecule has 0 radical (unpaired) electrons. The quantitative estimate of drug-likeness (QED) is 0.784. The Morgan fingerprint density at radius 2 is 2.05 bits per heavy atom. The number of rotatable bonds is 5. The maximum Gasteiger partial charge on any atom is 0.337 e. The normalized spacial score (nSPS) is 10.6. The zero-order chi connectivity index (χ0) is 15.5. The minimum atomic E-state index is -1.01. The molecule has 0 atom stereocenters. The molecule has 0 bridgehead atoms. The molecule has 0 aliphatic rings. The number of nitrogens with zero attached hydrogens (tertiary/aromatic N) is 2. The molecule has 0 saturated carbocycles. The minimum absolute atomic E-state index is 0.144. The second-order valence-corrected chi connectivity index (χ2v) is 4.69. The largest absolute Gasteiger partial charge is 0.494 e. The highest BCUT2D eigenvalue weighted by atomic mass is 16.5. The smallest absolute Gasteiger partial charge is 0.337 e. The lowest BCUT2D eigenvalue weighted by Crippen LogP contribution is -2.01. The monoisotopic (exact) mass is 298 g/mol. The SMILES string of the molecule is COc1cc(OCc2ccccc2)nn2cc(C(=O)O)cc12. The van der Waals surface area contributed by atoms with Gasteiger partial charge in [0.25, 0.3) is 0 Å². The molecular weight excluding hydrogens is 284 g/mol. The molecule has 0 unspecified atom stereocenters. The summed E-state index contributed by atoms with van der Waals surface area (Å²) in [6.45, 7) is 0.371. The molecule has 1 N–H and O–H groups in total. The van der Waals surface area contributed by atoms with Crippen LogP contribution >= 0.6 is 0 Å². The van der Waals surface area contributed by atoms with Crippen molar-refractivity contribution in [2.24, 2.45) is 0 Å². The van der Waals surface area contributed by atoms with E-state index in [0.717, 1.165) is 5.56 Å². The molecule has 22 heavy (non-hydrogen) atoms. The second kappa shape index (κ2) is 5.77. The maximum atomic E-state index is 11.1. The fraction of sp³-hybridized carbons (Fsp3) is 0.125. The number of carboxylic acids is 1. The van der Waals surface area contributed by atoms with Gasteiger partial charge in [0.15, 0.2) is 0 Å². The molecule has 112 valence electrons. The molecule has 0 aliphatic carbocycles. The van der Waals surface area contributed by atoms with Crippen molar-refractivity contribution >= 4 is 11.5 Å². The summed E-state index contributed by atoms with van der Waals surface area (Å²) in [6.07, 6.45) is 1.43. The Morgan fingerprint density at radius 1 is 1.27 bits per heavy atom. The lowest BCUT2D eigenvalue weighted by Gasteiger charge is -2.08. The minimum Gasteiger partial charge on any atom is -0.494 e. The first-order valence-electron chi connectivity index (χ1n) is 6.65. The molecule has 3 rings (SSSR count). The van der Waals surface area contributed by atoms with E-state index < -0.39 is 5.97 Å². The van der Waals surface area contributed by atoms with Gasteiger partial charge in [0.05, 0.1) is 12.7 Å². The Kier molecular flexibility index (Phi) is 3.65. The van der Waals surface area contributed by atoms with E-state index in [1.807, 2.05) is 30.3 Å². The fourth-order valence-corrected chi connectivity index (χ4v) is 2.12. The van der Waals surface area contributed by atoms with Gasteiger partial charge in [-0.25, -0.2) is 9.31 Å². The highest BCUT2D eigenvalue weighted by Crippen LogP contribution is 2.25. The number of hydrogen-bond donors (Lipinski definition) is 1. The van der Waals surface area contributed by atoms with Gasteiger partial charge in [-0.3, -0.25) is 0 Å². The third-order valence-electron chi connectivity index (χ3n) is 3.21. The summed E-state index contributed by atoms with van der Waals surface area (Å²) in [5.74, 6) is -0.148. The molecule has 0 saturated heterocycles. The number of carboxylic acid groups (broad SMARTS) is 1. The molecule has 6 nitrogen and oxygen atoms in total. The van der Waals surface area contributed by atoms with Crippen molar-refractivity contribution in [1.29, 1.82) is 0 Å². The van der Waals surface area contributed by atoms with Crippen molar-refractivity contribution in [2.75, 3.05) is 7.11 Å². The van der Waals surface area contributed by atoms with Crippen molar-refractivity contribution < 1.29 is 19.4 Å². The number of benzene rings is 1. The Bertz CT molecular complexity index is 812. The molecular formula is C16H14N2O4. The number of hydrogen-bond acceptors (Lipinski definition) is 4. The van der Waals surface area contributed by atoms with Crippen LogP contribution < -0.4 is 9.47 Å². The van der Waals surface area contributed by atoms with Gasteiger partial charge >= 0.3 is 5.97 Å². The molecule has 2 heterocycles. The van der Waals surface area contributed by atoms with Crippen LogP contribution in [0.15, 0.2) is 48.7 Å². The van der Waals surface area contributed by atoms with Gasteiger partial charge in [-0.05, 0) is 11.6 Å². The first kappa shape index (κ1) is 13.9. The molecule has 0 amide bonds. The first-order chi connectivity index (χ1) is 10.7. The Labute approximate surface area is 126 Å². The van der Waals surface area contributed by atoms with Crippen molar-refractivity contribution in [3.63, 3.8) is 0 Å². The van der Waals surface area contributed by atoms with Crippen molar-refractivity contribution in [2.45, 2.75) is 6.61 Å². The van der Waals surface area contributed by atoms with Crippen molar-refractivity contribution in [3.05, 3.63) is 59.8 Å². The van der Waals surface area contributed by atoms with Crippen LogP contribution in [0.2, 0.25) is 0 Å². The highest BCUT2D eigenvalue weighted by Gasteiger charge is 2.13. The lowest BCUT2D eigenvalue weighted by atomic mass is 10.2. The average Bonchev–Trinajstić information content (AvgIpc) is 2.97. The predicted octanol–water partition coefficient (Wildman–Crippen LogP) is 2.62. The molecule has 1 aromatic carbocycles. The average molecular weight is 298 g/mol. The third-order valence-corrected chi connectivity index (χ3v) is 3.21. The van der Waals surface area contributed by atoms with E-state index in [0.29, 0.717) is 23.8 Å². The lowest BCUT2D eigenvalue weighted by molar-refractivity contribution is 0.0697. The molecule has 2 aromatic heterocycles. The number of aromatic carboxylic acids is 1. The topological polar surface area (TPSA) is 73.1 Å². The fourth-order valence-electron chi connectivity index (χ4n) is 2.12. The van der Waals surface area contributed by atoms with E-state index in [1.54, 1.807) is 6.07 Å². The molecule has 0 aliphatic heterocycles. The third kappa shape index (κ3) is 2.71. The van der Waals surface area contributed by atoms with Crippen LogP contribution in [-0.4, -0.2) is 27.8 Å².